The SMILES string of the molecule is COC(=O)C(c1ccccc1Br)C(C)C. The van der Waals surface area contributed by atoms with Crippen LogP contribution in [0.25, 0.3) is 0 Å². The molecule has 0 bridgehead atoms. The molecule has 1 aromatic carbocycles. The molecule has 15 heavy (non-hydrogen) atoms. The summed E-state index contributed by atoms with van der Waals surface area (Å²) in [6.45, 7) is 4.03. The lowest BCUT2D eigenvalue weighted by Crippen LogP contribution is -2.19. The lowest BCUT2D eigenvalue weighted by molar-refractivity contribution is -0.143. The fourth-order valence-corrected chi connectivity index (χ4v) is 2.14. The van der Waals surface area contributed by atoms with Gasteiger partial charge in [-0.3, -0.25) is 4.79 Å². The first kappa shape index (κ1) is 12.2. The van der Waals surface area contributed by atoms with Gasteiger partial charge in [0.25, 0.3) is 0 Å². The molecular weight excluding hydrogens is 256 g/mol. The van der Waals surface area contributed by atoms with Crippen LogP contribution >= 0.6 is 15.9 Å². The predicted molar refractivity (Wildman–Crippen MR) is 63.7 cm³/mol. The normalized spacial score (nSPS) is 12.6. The van der Waals surface area contributed by atoms with Crippen LogP contribution < -0.4 is 0 Å². The molecule has 0 amide bonds. The van der Waals surface area contributed by atoms with Crippen molar-refractivity contribution in [1.29, 1.82) is 0 Å². The summed E-state index contributed by atoms with van der Waals surface area (Å²) in [5.41, 5.74) is 0.986. The number of esters is 1. The van der Waals surface area contributed by atoms with Crippen molar-refractivity contribution < 1.29 is 9.53 Å². The van der Waals surface area contributed by atoms with E-state index < -0.39 is 0 Å². The Hall–Kier alpha value is -0.830. The highest BCUT2D eigenvalue weighted by Gasteiger charge is 2.26. The number of hydrogen-bond donors (Lipinski definition) is 0. The largest absolute Gasteiger partial charge is 0.469 e. The Morgan fingerprint density at radius 3 is 2.40 bits per heavy atom. The van der Waals surface area contributed by atoms with Gasteiger partial charge >= 0.3 is 5.97 Å². The maximum absolute atomic E-state index is 11.7. The van der Waals surface area contributed by atoms with E-state index in [1.807, 2.05) is 38.1 Å². The number of hydrogen-bond acceptors (Lipinski definition) is 2. The fourth-order valence-electron chi connectivity index (χ4n) is 1.61. The zero-order valence-corrected chi connectivity index (χ0v) is 10.7. The topological polar surface area (TPSA) is 26.3 Å². The van der Waals surface area contributed by atoms with Crippen LogP contribution in [-0.2, 0) is 9.53 Å². The average Bonchev–Trinajstić information content (AvgIpc) is 2.20. The van der Waals surface area contributed by atoms with Gasteiger partial charge in [-0.1, -0.05) is 48.0 Å². The van der Waals surface area contributed by atoms with Crippen LogP contribution in [0.5, 0.6) is 0 Å². The van der Waals surface area contributed by atoms with E-state index in [9.17, 15) is 4.79 Å². The number of carbonyl (C=O) groups excluding carboxylic acids is 1. The number of benzene rings is 1. The molecule has 0 aromatic heterocycles. The van der Waals surface area contributed by atoms with Gasteiger partial charge in [-0.2, -0.15) is 0 Å². The predicted octanol–water partition coefficient (Wildman–Crippen LogP) is 3.36. The van der Waals surface area contributed by atoms with E-state index in [2.05, 4.69) is 15.9 Å². The lowest BCUT2D eigenvalue weighted by atomic mass is 9.88. The van der Waals surface area contributed by atoms with Crippen LogP contribution in [0.2, 0.25) is 0 Å². The van der Waals surface area contributed by atoms with E-state index >= 15 is 0 Å². The Labute approximate surface area is 98.8 Å². The maximum atomic E-state index is 11.7. The van der Waals surface area contributed by atoms with Crippen LogP contribution in [0.3, 0.4) is 0 Å². The van der Waals surface area contributed by atoms with Gasteiger partial charge in [0.05, 0.1) is 13.0 Å². The maximum Gasteiger partial charge on any atom is 0.313 e. The summed E-state index contributed by atoms with van der Waals surface area (Å²) in [5.74, 6) is -0.168. The minimum absolute atomic E-state index is 0.183. The van der Waals surface area contributed by atoms with E-state index in [1.165, 1.54) is 7.11 Å². The summed E-state index contributed by atoms with van der Waals surface area (Å²) in [6, 6.07) is 7.75. The Kier molecular flexibility index (Phi) is 4.33. The zero-order valence-electron chi connectivity index (χ0n) is 9.16. The third kappa shape index (κ3) is 2.81. The van der Waals surface area contributed by atoms with Gasteiger partial charge in [0, 0.05) is 4.47 Å². The molecule has 0 saturated heterocycles. The molecule has 0 heterocycles. The standard InChI is InChI=1S/C12H15BrO2/c1-8(2)11(12(14)15-3)9-6-4-5-7-10(9)13/h4-8,11H,1-3H3. The lowest BCUT2D eigenvalue weighted by Gasteiger charge is -2.19. The molecule has 1 aromatic rings. The number of methoxy groups -OCH3 is 1. The number of rotatable bonds is 3. The van der Waals surface area contributed by atoms with Crippen molar-refractivity contribution >= 4 is 21.9 Å². The summed E-state index contributed by atoms with van der Waals surface area (Å²) >= 11 is 3.45. The second-order valence-corrected chi connectivity index (χ2v) is 4.62. The first-order chi connectivity index (χ1) is 7.07. The molecule has 0 spiro atoms. The minimum Gasteiger partial charge on any atom is -0.469 e. The van der Waals surface area contributed by atoms with Crippen molar-refractivity contribution in [3.63, 3.8) is 0 Å². The molecule has 2 nitrogen and oxygen atoms in total. The van der Waals surface area contributed by atoms with E-state index in [0.29, 0.717) is 0 Å². The van der Waals surface area contributed by atoms with E-state index in [0.717, 1.165) is 10.0 Å². The third-order valence-corrected chi connectivity index (χ3v) is 3.08. The molecule has 0 aliphatic carbocycles. The number of carbonyl (C=O) groups is 1. The second kappa shape index (κ2) is 5.31. The molecule has 1 atom stereocenters. The summed E-state index contributed by atoms with van der Waals surface area (Å²) in [4.78, 5) is 11.7. The smallest absolute Gasteiger partial charge is 0.313 e. The van der Waals surface area contributed by atoms with Crippen LogP contribution in [-0.4, -0.2) is 13.1 Å². The third-order valence-electron chi connectivity index (χ3n) is 2.36. The van der Waals surface area contributed by atoms with Gasteiger partial charge in [0.1, 0.15) is 0 Å². The van der Waals surface area contributed by atoms with Crippen LogP contribution in [0.1, 0.15) is 25.3 Å². The highest BCUT2D eigenvalue weighted by Crippen LogP contribution is 2.31. The summed E-state index contributed by atoms with van der Waals surface area (Å²) in [5, 5.41) is 0. The van der Waals surface area contributed by atoms with Crippen molar-refractivity contribution in [1.82, 2.24) is 0 Å². The Morgan fingerprint density at radius 2 is 1.93 bits per heavy atom. The zero-order chi connectivity index (χ0) is 11.4. The first-order valence-corrected chi connectivity index (χ1v) is 5.69. The van der Waals surface area contributed by atoms with Gasteiger partial charge in [0.15, 0.2) is 0 Å². The van der Waals surface area contributed by atoms with Crippen LogP contribution in [0, 0.1) is 5.92 Å². The van der Waals surface area contributed by atoms with Crippen molar-refractivity contribution in [3.05, 3.63) is 34.3 Å². The second-order valence-electron chi connectivity index (χ2n) is 3.77. The summed E-state index contributed by atoms with van der Waals surface area (Å²) < 4.78 is 5.78. The number of ether oxygens (including phenoxy) is 1. The average molecular weight is 271 g/mol. The molecule has 0 aliphatic heterocycles. The van der Waals surface area contributed by atoms with Crippen molar-refractivity contribution in [3.8, 4) is 0 Å². The van der Waals surface area contributed by atoms with E-state index in [-0.39, 0.29) is 17.8 Å². The molecule has 0 fully saturated rings. The van der Waals surface area contributed by atoms with Gasteiger partial charge in [-0.05, 0) is 17.5 Å². The Morgan fingerprint density at radius 1 is 1.33 bits per heavy atom. The first-order valence-electron chi connectivity index (χ1n) is 4.90. The molecule has 3 heteroatoms. The Balaban J connectivity index is 3.10. The monoisotopic (exact) mass is 270 g/mol. The molecular formula is C12H15BrO2. The van der Waals surface area contributed by atoms with Crippen molar-refractivity contribution in [2.24, 2.45) is 5.92 Å². The molecule has 1 rings (SSSR count). The van der Waals surface area contributed by atoms with Crippen molar-refractivity contribution in [2.75, 3.05) is 7.11 Å². The van der Waals surface area contributed by atoms with E-state index in [1.54, 1.807) is 0 Å². The van der Waals surface area contributed by atoms with Crippen molar-refractivity contribution in [2.45, 2.75) is 19.8 Å². The van der Waals surface area contributed by atoms with Crippen LogP contribution in [0.15, 0.2) is 28.7 Å². The fraction of sp³-hybridized carbons (Fsp3) is 0.417. The summed E-state index contributed by atoms with van der Waals surface area (Å²) in [7, 11) is 1.43. The minimum atomic E-state index is -0.203. The molecule has 1 unspecified atom stereocenters. The number of halogens is 1. The van der Waals surface area contributed by atoms with Crippen LogP contribution in [0.4, 0.5) is 0 Å². The van der Waals surface area contributed by atoms with Gasteiger partial charge in [-0.25, -0.2) is 0 Å². The molecule has 0 radical (unpaired) electrons. The quantitative estimate of drug-likeness (QED) is 0.788. The molecule has 0 saturated carbocycles. The highest BCUT2D eigenvalue weighted by atomic mass is 79.9. The molecule has 82 valence electrons. The summed E-state index contributed by atoms with van der Waals surface area (Å²) in [6.07, 6.45) is 0. The van der Waals surface area contributed by atoms with Gasteiger partial charge < -0.3 is 4.74 Å². The Bertz CT molecular complexity index is 347. The molecule has 0 aliphatic rings. The van der Waals surface area contributed by atoms with E-state index in [4.69, 9.17) is 4.74 Å². The van der Waals surface area contributed by atoms with Gasteiger partial charge in [0.2, 0.25) is 0 Å². The highest BCUT2D eigenvalue weighted by molar-refractivity contribution is 9.10. The molecule has 0 N–H and O–H groups in total. The van der Waals surface area contributed by atoms with Gasteiger partial charge in [-0.15, -0.1) is 0 Å².